The summed E-state index contributed by atoms with van der Waals surface area (Å²) in [5.74, 6) is -0.701. The Morgan fingerprint density at radius 1 is 1.16 bits per heavy atom. The average Bonchev–Trinajstić information content (AvgIpc) is 3.39. The SMILES string of the molecule is O=C(Nc1ccc(O[C@H]2CCNC2)cc1)c1nc(-c2ccccc2)oc1CC(F)(F)F. The number of hydrogen-bond donors (Lipinski definition) is 2. The van der Waals surface area contributed by atoms with Crippen molar-refractivity contribution in [3.05, 3.63) is 66.1 Å². The third-order valence-electron chi connectivity index (χ3n) is 4.72. The summed E-state index contributed by atoms with van der Waals surface area (Å²) in [5.41, 5.74) is 0.491. The third-order valence-corrected chi connectivity index (χ3v) is 4.72. The highest BCUT2D eigenvalue weighted by Crippen LogP contribution is 2.29. The largest absolute Gasteiger partial charge is 0.489 e. The van der Waals surface area contributed by atoms with Crippen LogP contribution >= 0.6 is 0 Å². The Kier molecular flexibility index (Phi) is 5.94. The second kappa shape index (κ2) is 8.81. The van der Waals surface area contributed by atoms with Crippen molar-refractivity contribution in [2.75, 3.05) is 18.4 Å². The maximum atomic E-state index is 13.0. The lowest BCUT2D eigenvalue weighted by molar-refractivity contribution is -0.130. The van der Waals surface area contributed by atoms with Crippen molar-refractivity contribution >= 4 is 11.6 Å². The molecule has 3 aromatic rings. The number of ether oxygens (including phenoxy) is 1. The number of anilines is 1. The predicted octanol–water partition coefficient (Wildman–Crippen LogP) is 4.44. The van der Waals surface area contributed by atoms with Crippen LogP contribution in [0, 0.1) is 0 Å². The number of alkyl halides is 3. The number of nitrogens with zero attached hydrogens (tertiary/aromatic N) is 1. The molecule has 0 radical (unpaired) electrons. The van der Waals surface area contributed by atoms with E-state index in [0.717, 1.165) is 19.5 Å². The van der Waals surface area contributed by atoms with Crippen LogP contribution in [0.1, 0.15) is 22.7 Å². The number of nitrogens with one attached hydrogen (secondary N) is 2. The molecular formula is C22H20F3N3O3. The van der Waals surface area contributed by atoms with Gasteiger partial charge in [-0.25, -0.2) is 4.98 Å². The van der Waals surface area contributed by atoms with Crippen molar-refractivity contribution in [1.29, 1.82) is 0 Å². The number of benzene rings is 2. The van der Waals surface area contributed by atoms with E-state index < -0.39 is 30.0 Å². The first kappa shape index (κ1) is 20.9. The van der Waals surface area contributed by atoms with Crippen LogP contribution in [0.5, 0.6) is 5.75 Å². The van der Waals surface area contributed by atoms with Crippen LogP contribution in [0.4, 0.5) is 18.9 Å². The lowest BCUT2D eigenvalue weighted by Gasteiger charge is -2.13. The molecule has 162 valence electrons. The maximum Gasteiger partial charge on any atom is 0.396 e. The van der Waals surface area contributed by atoms with E-state index in [4.69, 9.17) is 9.15 Å². The van der Waals surface area contributed by atoms with Crippen LogP contribution in [0.3, 0.4) is 0 Å². The highest BCUT2D eigenvalue weighted by Gasteiger charge is 2.34. The molecular weight excluding hydrogens is 411 g/mol. The lowest BCUT2D eigenvalue weighted by atomic mass is 10.2. The summed E-state index contributed by atoms with van der Waals surface area (Å²) < 4.78 is 50.1. The van der Waals surface area contributed by atoms with Crippen LogP contribution in [-0.2, 0) is 6.42 Å². The standard InChI is InChI=1S/C22H20F3N3O3/c23-22(24,25)12-18-19(28-21(31-18)14-4-2-1-3-5-14)20(29)27-15-6-8-16(9-7-15)30-17-10-11-26-13-17/h1-9,17,26H,10-13H2,(H,27,29)/t17-/m0/s1. The molecule has 0 aliphatic carbocycles. The van der Waals surface area contributed by atoms with Crippen molar-refractivity contribution < 1.29 is 27.1 Å². The summed E-state index contributed by atoms with van der Waals surface area (Å²) >= 11 is 0. The molecule has 2 heterocycles. The molecule has 0 unspecified atom stereocenters. The Morgan fingerprint density at radius 3 is 2.55 bits per heavy atom. The fourth-order valence-electron chi connectivity index (χ4n) is 3.26. The van der Waals surface area contributed by atoms with Crippen LogP contribution in [0.25, 0.3) is 11.5 Å². The molecule has 2 aromatic carbocycles. The van der Waals surface area contributed by atoms with Crippen molar-refractivity contribution in [3.8, 4) is 17.2 Å². The normalized spacial score (nSPS) is 16.3. The Morgan fingerprint density at radius 2 is 1.90 bits per heavy atom. The molecule has 1 aliphatic rings. The first-order chi connectivity index (χ1) is 14.9. The number of rotatable bonds is 6. The summed E-state index contributed by atoms with van der Waals surface area (Å²) in [6.07, 6.45) is -4.93. The van der Waals surface area contributed by atoms with Crippen LogP contribution in [0.2, 0.25) is 0 Å². The van der Waals surface area contributed by atoms with Crippen molar-refractivity contribution in [1.82, 2.24) is 10.3 Å². The summed E-state index contributed by atoms with van der Waals surface area (Å²) in [6, 6.07) is 15.1. The number of aromatic nitrogens is 1. The van der Waals surface area contributed by atoms with Crippen LogP contribution in [0.15, 0.2) is 59.0 Å². The molecule has 1 aromatic heterocycles. The van der Waals surface area contributed by atoms with Gasteiger partial charge in [0.15, 0.2) is 5.69 Å². The zero-order valence-electron chi connectivity index (χ0n) is 16.4. The van der Waals surface area contributed by atoms with Gasteiger partial charge in [-0.05, 0) is 49.4 Å². The number of carbonyl (C=O) groups excluding carboxylic acids is 1. The summed E-state index contributed by atoms with van der Waals surface area (Å²) in [6.45, 7) is 1.68. The highest BCUT2D eigenvalue weighted by molar-refractivity contribution is 6.03. The summed E-state index contributed by atoms with van der Waals surface area (Å²) in [5, 5.41) is 5.78. The van der Waals surface area contributed by atoms with E-state index >= 15 is 0 Å². The number of halogens is 3. The molecule has 6 nitrogen and oxygen atoms in total. The Bertz CT molecular complexity index is 1030. The number of oxazole rings is 1. The highest BCUT2D eigenvalue weighted by atomic mass is 19.4. The molecule has 1 saturated heterocycles. The Balaban J connectivity index is 1.52. The van der Waals surface area contributed by atoms with Crippen LogP contribution < -0.4 is 15.4 Å². The van der Waals surface area contributed by atoms with Crippen molar-refractivity contribution in [2.45, 2.75) is 25.1 Å². The first-order valence-corrected chi connectivity index (χ1v) is 9.78. The number of hydrogen-bond acceptors (Lipinski definition) is 5. The molecule has 9 heteroatoms. The summed E-state index contributed by atoms with van der Waals surface area (Å²) in [7, 11) is 0. The van der Waals surface area contributed by atoms with E-state index in [-0.39, 0.29) is 12.0 Å². The Labute approximate surface area is 176 Å². The van der Waals surface area contributed by atoms with Gasteiger partial charge in [0, 0.05) is 17.8 Å². The van der Waals surface area contributed by atoms with Gasteiger partial charge in [0.25, 0.3) is 5.91 Å². The predicted molar refractivity (Wildman–Crippen MR) is 108 cm³/mol. The van der Waals surface area contributed by atoms with E-state index in [1.54, 1.807) is 54.6 Å². The van der Waals surface area contributed by atoms with Gasteiger partial charge in [0.05, 0.1) is 0 Å². The zero-order chi connectivity index (χ0) is 21.8. The zero-order valence-corrected chi connectivity index (χ0v) is 16.4. The first-order valence-electron chi connectivity index (χ1n) is 9.78. The molecule has 2 N–H and O–H groups in total. The monoisotopic (exact) mass is 431 g/mol. The average molecular weight is 431 g/mol. The van der Waals surface area contributed by atoms with E-state index in [9.17, 15) is 18.0 Å². The van der Waals surface area contributed by atoms with E-state index in [2.05, 4.69) is 15.6 Å². The molecule has 1 atom stereocenters. The molecule has 1 aliphatic heterocycles. The molecule has 1 amide bonds. The molecule has 0 spiro atoms. The van der Waals surface area contributed by atoms with Crippen LogP contribution in [-0.4, -0.2) is 36.3 Å². The van der Waals surface area contributed by atoms with E-state index in [0.29, 0.717) is 17.0 Å². The van der Waals surface area contributed by atoms with Gasteiger partial charge in [0.2, 0.25) is 5.89 Å². The fourth-order valence-corrected chi connectivity index (χ4v) is 3.26. The van der Waals surface area contributed by atoms with Gasteiger partial charge in [-0.15, -0.1) is 0 Å². The van der Waals surface area contributed by atoms with Gasteiger partial charge in [0.1, 0.15) is 24.0 Å². The maximum absolute atomic E-state index is 13.0. The topological polar surface area (TPSA) is 76.4 Å². The third kappa shape index (κ3) is 5.43. The second-order valence-corrected chi connectivity index (χ2v) is 7.16. The van der Waals surface area contributed by atoms with Gasteiger partial charge >= 0.3 is 6.18 Å². The quantitative estimate of drug-likeness (QED) is 0.604. The second-order valence-electron chi connectivity index (χ2n) is 7.16. The molecule has 0 bridgehead atoms. The van der Waals surface area contributed by atoms with E-state index in [1.807, 2.05) is 0 Å². The minimum absolute atomic E-state index is 0.0427. The smallest absolute Gasteiger partial charge is 0.396 e. The lowest BCUT2D eigenvalue weighted by Crippen LogP contribution is -2.19. The summed E-state index contributed by atoms with van der Waals surface area (Å²) in [4.78, 5) is 16.7. The molecule has 0 saturated carbocycles. The number of amides is 1. The Hall–Kier alpha value is -3.33. The molecule has 31 heavy (non-hydrogen) atoms. The van der Waals surface area contributed by atoms with Crippen molar-refractivity contribution in [2.24, 2.45) is 0 Å². The van der Waals surface area contributed by atoms with Gasteiger partial charge < -0.3 is 19.8 Å². The van der Waals surface area contributed by atoms with Gasteiger partial charge in [-0.2, -0.15) is 13.2 Å². The molecule has 4 rings (SSSR count). The minimum Gasteiger partial charge on any atom is -0.489 e. The minimum atomic E-state index is -4.55. The van der Waals surface area contributed by atoms with Gasteiger partial charge in [-0.3, -0.25) is 4.79 Å². The number of carbonyl (C=O) groups is 1. The molecule has 1 fully saturated rings. The fraction of sp³-hybridized carbons (Fsp3) is 0.273. The van der Waals surface area contributed by atoms with Crippen molar-refractivity contribution in [3.63, 3.8) is 0 Å². The van der Waals surface area contributed by atoms with Gasteiger partial charge in [-0.1, -0.05) is 18.2 Å². The van der Waals surface area contributed by atoms with E-state index in [1.165, 1.54) is 0 Å².